The molecule has 1 heterocycles. The minimum absolute atomic E-state index is 1.12. The van der Waals surface area contributed by atoms with Crippen LogP contribution in [0.3, 0.4) is 0 Å². The lowest BCUT2D eigenvalue weighted by Gasteiger charge is -2.28. The van der Waals surface area contributed by atoms with Gasteiger partial charge in [-0.25, -0.2) is 0 Å². The first kappa shape index (κ1) is 28.3. The Labute approximate surface area is 284 Å². The fourth-order valence-electron chi connectivity index (χ4n) is 6.97. The Bertz CT molecular complexity index is 2530. The Kier molecular flexibility index (Phi) is 7.07. The van der Waals surface area contributed by atoms with E-state index in [0.29, 0.717) is 0 Å². The molecule has 0 N–H and O–H groups in total. The van der Waals surface area contributed by atoms with Crippen LogP contribution in [0.2, 0.25) is 0 Å². The number of hydrogen-bond donors (Lipinski definition) is 0. The predicted molar refractivity (Wildman–Crippen MR) is 208 cm³/mol. The van der Waals surface area contributed by atoms with Crippen molar-refractivity contribution in [3.63, 3.8) is 0 Å². The van der Waals surface area contributed by atoms with Crippen LogP contribution in [0.15, 0.2) is 188 Å². The molecule has 1 aromatic heterocycles. The first-order chi connectivity index (χ1) is 23.8. The fraction of sp³-hybridized carbons (Fsp3) is 0. The zero-order valence-corrected chi connectivity index (χ0v) is 27.1. The summed E-state index contributed by atoms with van der Waals surface area (Å²) in [6.45, 7) is 0. The van der Waals surface area contributed by atoms with Gasteiger partial charge < -0.3 is 4.90 Å². The van der Waals surface area contributed by atoms with E-state index < -0.39 is 0 Å². The normalized spacial score (nSPS) is 11.3. The van der Waals surface area contributed by atoms with Gasteiger partial charge >= 0.3 is 0 Å². The van der Waals surface area contributed by atoms with Crippen LogP contribution in [0.25, 0.3) is 64.3 Å². The molecule has 2 heteroatoms. The molecule has 8 aromatic carbocycles. The van der Waals surface area contributed by atoms with Gasteiger partial charge in [-0.05, 0) is 69.6 Å². The third kappa shape index (κ3) is 4.95. The third-order valence-corrected chi connectivity index (χ3v) is 10.5. The van der Waals surface area contributed by atoms with Crippen molar-refractivity contribution in [2.75, 3.05) is 4.90 Å². The highest BCUT2D eigenvalue weighted by molar-refractivity contribution is 7.26. The Morgan fingerprint density at radius 3 is 1.58 bits per heavy atom. The lowest BCUT2D eigenvalue weighted by Crippen LogP contribution is -2.11. The monoisotopic (exact) mass is 629 g/mol. The largest absolute Gasteiger partial charge is 0.310 e. The van der Waals surface area contributed by atoms with Crippen LogP contribution in [-0.2, 0) is 0 Å². The summed E-state index contributed by atoms with van der Waals surface area (Å²) in [6.07, 6.45) is 0. The molecule has 226 valence electrons. The number of nitrogens with zero attached hydrogens (tertiary/aromatic N) is 1. The second-order valence-corrected chi connectivity index (χ2v) is 13.2. The second-order valence-electron chi connectivity index (χ2n) is 12.1. The van der Waals surface area contributed by atoms with Crippen molar-refractivity contribution in [2.24, 2.45) is 0 Å². The average Bonchev–Trinajstić information content (AvgIpc) is 3.54. The van der Waals surface area contributed by atoms with E-state index in [0.717, 1.165) is 17.1 Å². The van der Waals surface area contributed by atoms with Crippen molar-refractivity contribution in [1.82, 2.24) is 0 Å². The Morgan fingerprint density at radius 1 is 0.333 bits per heavy atom. The van der Waals surface area contributed by atoms with Gasteiger partial charge in [0.25, 0.3) is 0 Å². The maximum Gasteiger partial charge on any atom is 0.0540 e. The molecule has 0 saturated heterocycles. The van der Waals surface area contributed by atoms with Gasteiger partial charge in [0.15, 0.2) is 0 Å². The maximum absolute atomic E-state index is 2.41. The van der Waals surface area contributed by atoms with Gasteiger partial charge in [0, 0.05) is 42.5 Å². The van der Waals surface area contributed by atoms with E-state index in [1.807, 2.05) is 11.3 Å². The molecule has 0 aliphatic heterocycles. The summed E-state index contributed by atoms with van der Waals surface area (Å²) >= 11 is 1.89. The van der Waals surface area contributed by atoms with Gasteiger partial charge in [0.05, 0.1) is 5.69 Å². The number of thiophene rings is 1. The standard InChI is InChI=1S/C46H31NS/c1-4-14-32(15-5-1)33-24-26-36(27-25-33)47(44-23-13-12-20-38(44)34-16-6-2-7-17-34)37-28-29-40-43-31-42(35-18-8-3-9-19-35)39-21-10-11-22-41(39)46(43)48-45(40)30-37/h1-31H. The van der Waals surface area contributed by atoms with Crippen molar-refractivity contribution in [1.29, 1.82) is 0 Å². The number of anilines is 3. The minimum atomic E-state index is 1.12. The van der Waals surface area contributed by atoms with Crippen LogP contribution in [-0.4, -0.2) is 0 Å². The first-order valence-electron chi connectivity index (χ1n) is 16.4. The highest BCUT2D eigenvalue weighted by atomic mass is 32.1. The van der Waals surface area contributed by atoms with Crippen LogP contribution in [0.4, 0.5) is 17.1 Å². The number of fused-ring (bicyclic) bond motifs is 5. The zero-order valence-electron chi connectivity index (χ0n) is 26.3. The summed E-state index contributed by atoms with van der Waals surface area (Å²) in [6, 6.07) is 68.0. The SMILES string of the molecule is c1ccc(-c2ccc(N(c3ccc4c(c3)sc3c5ccccc5c(-c5ccccc5)cc43)c3ccccc3-c3ccccc3)cc2)cc1. The molecule has 0 atom stereocenters. The molecule has 0 amide bonds. The first-order valence-corrected chi connectivity index (χ1v) is 17.2. The number of hydrogen-bond acceptors (Lipinski definition) is 2. The van der Waals surface area contributed by atoms with E-state index in [-0.39, 0.29) is 0 Å². The maximum atomic E-state index is 2.41. The molecule has 0 saturated carbocycles. The molecule has 0 fully saturated rings. The topological polar surface area (TPSA) is 3.24 Å². The Balaban J connectivity index is 1.25. The molecule has 0 unspecified atom stereocenters. The van der Waals surface area contributed by atoms with Gasteiger partial charge in [0.1, 0.15) is 0 Å². The van der Waals surface area contributed by atoms with Crippen molar-refractivity contribution < 1.29 is 0 Å². The van der Waals surface area contributed by atoms with E-state index in [9.17, 15) is 0 Å². The Morgan fingerprint density at radius 2 is 0.875 bits per heavy atom. The predicted octanol–water partition coefficient (Wildman–Crippen LogP) is 13.7. The molecule has 48 heavy (non-hydrogen) atoms. The second kappa shape index (κ2) is 12.0. The smallest absolute Gasteiger partial charge is 0.0540 e. The Hall–Kier alpha value is -5.96. The van der Waals surface area contributed by atoms with E-state index in [2.05, 4.69) is 193 Å². The van der Waals surface area contributed by atoms with Crippen molar-refractivity contribution >= 4 is 59.3 Å². The molecule has 9 rings (SSSR count). The number of rotatable bonds is 6. The third-order valence-electron chi connectivity index (χ3n) is 9.27. The average molecular weight is 630 g/mol. The van der Waals surface area contributed by atoms with Gasteiger partial charge in [0.2, 0.25) is 0 Å². The minimum Gasteiger partial charge on any atom is -0.310 e. The molecule has 0 spiro atoms. The van der Waals surface area contributed by atoms with Gasteiger partial charge in [-0.1, -0.05) is 152 Å². The molecular formula is C46H31NS. The van der Waals surface area contributed by atoms with Gasteiger partial charge in [-0.3, -0.25) is 0 Å². The van der Waals surface area contributed by atoms with E-state index in [1.165, 1.54) is 64.3 Å². The lowest BCUT2D eigenvalue weighted by molar-refractivity contribution is 1.29. The summed E-state index contributed by atoms with van der Waals surface area (Å²) in [4.78, 5) is 2.41. The van der Waals surface area contributed by atoms with Crippen LogP contribution >= 0.6 is 11.3 Å². The van der Waals surface area contributed by atoms with Gasteiger partial charge in [-0.2, -0.15) is 0 Å². The van der Waals surface area contributed by atoms with E-state index in [1.54, 1.807) is 0 Å². The van der Waals surface area contributed by atoms with E-state index in [4.69, 9.17) is 0 Å². The molecular weight excluding hydrogens is 599 g/mol. The van der Waals surface area contributed by atoms with Crippen LogP contribution < -0.4 is 4.90 Å². The highest BCUT2D eigenvalue weighted by Crippen LogP contribution is 2.46. The molecule has 0 aliphatic rings. The summed E-state index contributed by atoms with van der Waals surface area (Å²) in [7, 11) is 0. The highest BCUT2D eigenvalue weighted by Gasteiger charge is 2.19. The van der Waals surface area contributed by atoms with Crippen LogP contribution in [0.1, 0.15) is 0 Å². The van der Waals surface area contributed by atoms with Crippen LogP contribution in [0, 0.1) is 0 Å². The van der Waals surface area contributed by atoms with Gasteiger partial charge in [-0.15, -0.1) is 11.3 Å². The summed E-state index contributed by atoms with van der Waals surface area (Å²) in [5.74, 6) is 0. The van der Waals surface area contributed by atoms with E-state index >= 15 is 0 Å². The van der Waals surface area contributed by atoms with Crippen molar-refractivity contribution in [3.8, 4) is 33.4 Å². The molecule has 9 aromatic rings. The summed E-state index contributed by atoms with van der Waals surface area (Å²) in [5.41, 5.74) is 10.7. The number of para-hydroxylation sites is 1. The molecule has 1 nitrogen and oxygen atoms in total. The van der Waals surface area contributed by atoms with Crippen molar-refractivity contribution in [3.05, 3.63) is 188 Å². The quantitative estimate of drug-likeness (QED) is 0.177. The zero-order chi connectivity index (χ0) is 31.9. The van der Waals surface area contributed by atoms with Crippen molar-refractivity contribution in [2.45, 2.75) is 0 Å². The molecule has 0 radical (unpaired) electrons. The fourth-order valence-corrected chi connectivity index (χ4v) is 8.23. The summed E-state index contributed by atoms with van der Waals surface area (Å²) < 4.78 is 2.61. The molecule has 0 bridgehead atoms. The molecule has 0 aliphatic carbocycles. The van der Waals surface area contributed by atoms with Crippen LogP contribution in [0.5, 0.6) is 0 Å². The number of benzene rings is 8. The summed E-state index contributed by atoms with van der Waals surface area (Å²) in [5, 5.41) is 5.19. The lowest BCUT2D eigenvalue weighted by atomic mass is 9.95.